The van der Waals surface area contributed by atoms with Gasteiger partial charge in [0.05, 0.1) is 18.4 Å². The second-order valence-electron chi connectivity index (χ2n) is 7.76. The van der Waals surface area contributed by atoms with Gasteiger partial charge in [0.1, 0.15) is 5.58 Å². The molecule has 2 aromatic carbocycles. The highest BCUT2D eigenvalue weighted by atomic mass is 32.2. The smallest absolute Gasteiger partial charge is 0.310 e. The number of thioether (sulfide) groups is 1. The van der Waals surface area contributed by atoms with E-state index in [1.165, 1.54) is 0 Å². The molecular formula is C24H25NO4S. The van der Waals surface area contributed by atoms with E-state index in [9.17, 15) is 9.59 Å². The third-order valence-corrected chi connectivity index (χ3v) is 6.74. The van der Waals surface area contributed by atoms with Gasteiger partial charge in [-0.1, -0.05) is 19.1 Å². The number of anilines is 1. The molecule has 1 amide bonds. The zero-order valence-corrected chi connectivity index (χ0v) is 18.3. The number of benzene rings is 2. The van der Waals surface area contributed by atoms with Crippen LogP contribution >= 0.6 is 11.8 Å². The predicted octanol–water partition coefficient (Wildman–Crippen LogP) is 5.05. The van der Waals surface area contributed by atoms with Crippen LogP contribution in [-0.4, -0.2) is 30.3 Å². The molecule has 4 rings (SSSR count). The van der Waals surface area contributed by atoms with Gasteiger partial charge in [-0.3, -0.25) is 9.59 Å². The van der Waals surface area contributed by atoms with E-state index in [2.05, 4.69) is 6.92 Å². The van der Waals surface area contributed by atoms with E-state index < -0.39 is 5.97 Å². The Bertz CT molecular complexity index is 1100. The Balaban J connectivity index is 1.42. The summed E-state index contributed by atoms with van der Waals surface area (Å²) in [7, 11) is 0. The highest BCUT2D eigenvalue weighted by Crippen LogP contribution is 2.37. The van der Waals surface area contributed by atoms with Crippen molar-refractivity contribution in [3.63, 3.8) is 0 Å². The van der Waals surface area contributed by atoms with Crippen molar-refractivity contribution >= 4 is 40.3 Å². The number of aryl methyl sites for hydroxylation is 2. The molecule has 0 saturated heterocycles. The number of ether oxygens (including phenoxy) is 1. The first-order chi connectivity index (χ1) is 14.4. The zero-order valence-electron chi connectivity index (χ0n) is 17.4. The molecule has 156 valence electrons. The van der Waals surface area contributed by atoms with Gasteiger partial charge in [-0.25, -0.2) is 0 Å². The van der Waals surface area contributed by atoms with Gasteiger partial charge < -0.3 is 14.1 Å². The number of carbonyl (C=O) groups is 2. The van der Waals surface area contributed by atoms with Crippen molar-refractivity contribution in [1.29, 1.82) is 0 Å². The fourth-order valence-electron chi connectivity index (χ4n) is 3.65. The Morgan fingerprint density at radius 2 is 1.97 bits per heavy atom. The minimum atomic E-state index is -0.435. The number of fused-ring (bicyclic) bond motifs is 2. The molecule has 1 unspecified atom stereocenters. The van der Waals surface area contributed by atoms with E-state index in [0.29, 0.717) is 11.8 Å². The fraction of sp³-hybridized carbons (Fsp3) is 0.333. The minimum Gasteiger partial charge on any atom is -0.464 e. The molecule has 6 heteroatoms. The van der Waals surface area contributed by atoms with Gasteiger partial charge in [-0.15, -0.1) is 11.8 Å². The minimum absolute atomic E-state index is 0.0756. The summed E-state index contributed by atoms with van der Waals surface area (Å²) < 4.78 is 10.9. The van der Waals surface area contributed by atoms with E-state index in [-0.39, 0.29) is 18.9 Å². The quantitative estimate of drug-likeness (QED) is 0.550. The number of carbonyl (C=O) groups excluding carboxylic acids is 2. The van der Waals surface area contributed by atoms with Crippen molar-refractivity contribution in [2.75, 3.05) is 18.1 Å². The Morgan fingerprint density at radius 3 is 2.80 bits per heavy atom. The van der Waals surface area contributed by atoms with E-state index >= 15 is 0 Å². The number of nitrogens with zero attached hydrogens (tertiary/aromatic N) is 1. The maximum absolute atomic E-state index is 12.8. The molecular weight excluding hydrogens is 398 g/mol. The molecule has 0 bridgehead atoms. The van der Waals surface area contributed by atoms with Gasteiger partial charge in [-0.2, -0.15) is 0 Å². The summed E-state index contributed by atoms with van der Waals surface area (Å²) in [6, 6.07) is 11.9. The molecule has 0 N–H and O–H groups in total. The molecule has 30 heavy (non-hydrogen) atoms. The van der Waals surface area contributed by atoms with Gasteiger partial charge in [0.25, 0.3) is 5.91 Å². The van der Waals surface area contributed by atoms with Gasteiger partial charge >= 0.3 is 5.97 Å². The summed E-state index contributed by atoms with van der Waals surface area (Å²) in [6.07, 6.45) is 2.56. The first-order valence-corrected chi connectivity index (χ1v) is 11.0. The van der Waals surface area contributed by atoms with E-state index in [1.54, 1.807) is 22.9 Å². The van der Waals surface area contributed by atoms with Crippen LogP contribution in [0.3, 0.4) is 0 Å². The SMILES string of the molecule is Cc1cc2occ(CC(=O)OCC(=O)N3CCC(C)Sc4ccccc43)c2cc1C. The van der Waals surface area contributed by atoms with Crippen molar-refractivity contribution in [2.45, 2.75) is 43.8 Å². The molecule has 0 fully saturated rings. The van der Waals surface area contributed by atoms with Gasteiger partial charge in [0, 0.05) is 27.6 Å². The molecule has 0 radical (unpaired) electrons. The van der Waals surface area contributed by atoms with Crippen LogP contribution in [0.15, 0.2) is 52.0 Å². The topological polar surface area (TPSA) is 59.8 Å². The van der Waals surface area contributed by atoms with Crippen molar-refractivity contribution in [1.82, 2.24) is 0 Å². The standard InChI is InChI=1S/C24H25NO4S/c1-15-10-19-18(13-28-21(19)11-16(15)2)12-24(27)29-14-23(26)25-9-8-17(3)30-22-7-5-4-6-20(22)25/h4-7,10-11,13,17H,8-9,12,14H2,1-3H3. The molecule has 5 nitrogen and oxygen atoms in total. The molecule has 1 aromatic heterocycles. The van der Waals surface area contributed by atoms with Crippen LogP contribution in [0.2, 0.25) is 0 Å². The number of hydrogen-bond donors (Lipinski definition) is 0. The average Bonchev–Trinajstić information content (AvgIpc) is 2.99. The van der Waals surface area contributed by atoms with Crippen LogP contribution < -0.4 is 4.90 Å². The first kappa shape index (κ1) is 20.5. The summed E-state index contributed by atoms with van der Waals surface area (Å²) in [5.74, 6) is -0.635. The third kappa shape index (κ3) is 4.24. The number of furan rings is 1. The van der Waals surface area contributed by atoms with E-state index in [1.807, 2.05) is 50.2 Å². The van der Waals surface area contributed by atoms with Crippen LogP contribution in [0.5, 0.6) is 0 Å². The van der Waals surface area contributed by atoms with Crippen molar-refractivity contribution in [3.05, 3.63) is 59.4 Å². The molecule has 0 aliphatic carbocycles. The summed E-state index contributed by atoms with van der Waals surface area (Å²) in [4.78, 5) is 28.1. The first-order valence-electron chi connectivity index (χ1n) is 10.1. The molecule has 3 aromatic rings. The maximum Gasteiger partial charge on any atom is 0.310 e. The second kappa shape index (κ2) is 8.56. The number of amides is 1. The molecule has 1 atom stereocenters. The lowest BCUT2D eigenvalue weighted by molar-refractivity contribution is -0.147. The Hall–Kier alpha value is -2.73. The van der Waals surface area contributed by atoms with Crippen LogP contribution in [0.4, 0.5) is 5.69 Å². The summed E-state index contributed by atoms with van der Waals surface area (Å²) in [5.41, 5.74) is 4.70. The van der Waals surface area contributed by atoms with Crippen molar-refractivity contribution < 1.29 is 18.7 Å². The lowest BCUT2D eigenvalue weighted by Crippen LogP contribution is -2.36. The Morgan fingerprint density at radius 1 is 1.20 bits per heavy atom. The van der Waals surface area contributed by atoms with Crippen LogP contribution in [0.1, 0.15) is 30.0 Å². The number of esters is 1. The number of hydrogen-bond acceptors (Lipinski definition) is 5. The largest absolute Gasteiger partial charge is 0.464 e. The lowest BCUT2D eigenvalue weighted by Gasteiger charge is -2.22. The summed E-state index contributed by atoms with van der Waals surface area (Å²) in [5, 5.41) is 1.34. The average molecular weight is 424 g/mol. The lowest BCUT2D eigenvalue weighted by atomic mass is 10.0. The van der Waals surface area contributed by atoms with Crippen LogP contribution in [-0.2, 0) is 20.7 Å². The van der Waals surface area contributed by atoms with Gasteiger partial charge in [0.15, 0.2) is 6.61 Å². The Labute approximate surface area is 180 Å². The van der Waals surface area contributed by atoms with Gasteiger partial charge in [0.2, 0.25) is 0 Å². The second-order valence-corrected chi connectivity index (χ2v) is 9.24. The van der Waals surface area contributed by atoms with Crippen molar-refractivity contribution in [2.24, 2.45) is 0 Å². The predicted molar refractivity (Wildman–Crippen MR) is 119 cm³/mol. The van der Waals surface area contributed by atoms with Crippen LogP contribution in [0.25, 0.3) is 11.0 Å². The summed E-state index contributed by atoms with van der Waals surface area (Å²) in [6.45, 7) is 6.57. The van der Waals surface area contributed by atoms with Crippen LogP contribution in [0, 0.1) is 13.8 Å². The highest BCUT2D eigenvalue weighted by molar-refractivity contribution is 8.00. The van der Waals surface area contributed by atoms with E-state index in [4.69, 9.17) is 9.15 Å². The normalized spacial score (nSPS) is 16.2. The molecule has 1 aliphatic heterocycles. The number of rotatable bonds is 4. The molecule has 1 aliphatic rings. The van der Waals surface area contributed by atoms with Crippen molar-refractivity contribution in [3.8, 4) is 0 Å². The van der Waals surface area contributed by atoms with Gasteiger partial charge in [-0.05, 0) is 55.7 Å². The Kier molecular flexibility index (Phi) is 5.86. The van der Waals surface area contributed by atoms with E-state index in [0.717, 1.165) is 44.7 Å². The zero-order chi connectivity index (χ0) is 21.3. The molecule has 2 heterocycles. The number of para-hydroxylation sites is 1. The maximum atomic E-state index is 12.8. The fourth-order valence-corrected chi connectivity index (χ4v) is 4.76. The highest BCUT2D eigenvalue weighted by Gasteiger charge is 2.25. The molecule has 0 spiro atoms. The third-order valence-electron chi connectivity index (χ3n) is 5.51. The molecule has 0 saturated carbocycles. The summed E-state index contributed by atoms with van der Waals surface area (Å²) >= 11 is 1.77. The monoisotopic (exact) mass is 423 g/mol.